The van der Waals surface area contributed by atoms with Crippen molar-refractivity contribution >= 4 is 16.0 Å². The standard InChI is InChI=1S/C22H23NO5S/c1-14-6-12-19(13-7-14)29(25,26)23-16(3)20(22(24)28-5)15(2)21(23)17-8-10-18(27-4)11-9-17/h6-13H,1-5H3. The molecule has 0 bridgehead atoms. The van der Waals surface area contributed by atoms with Gasteiger partial charge in [0.25, 0.3) is 10.0 Å². The number of hydrogen-bond donors (Lipinski definition) is 0. The molecule has 0 aliphatic carbocycles. The van der Waals surface area contributed by atoms with Crippen molar-refractivity contribution in [2.75, 3.05) is 14.2 Å². The van der Waals surface area contributed by atoms with E-state index in [9.17, 15) is 13.2 Å². The van der Waals surface area contributed by atoms with E-state index in [1.54, 1.807) is 69.5 Å². The lowest BCUT2D eigenvalue weighted by Gasteiger charge is -2.14. The van der Waals surface area contributed by atoms with Gasteiger partial charge in [-0.3, -0.25) is 0 Å². The summed E-state index contributed by atoms with van der Waals surface area (Å²) in [4.78, 5) is 12.6. The molecular formula is C22H23NO5S. The maximum absolute atomic E-state index is 13.5. The van der Waals surface area contributed by atoms with E-state index in [0.717, 1.165) is 5.56 Å². The Kier molecular flexibility index (Phi) is 5.53. The zero-order chi connectivity index (χ0) is 21.3. The predicted molar refractivity (Wildman–Crippen MR) is 111 cm³/mol. The zero-order valence-corrected chi connectivity index (χ0v) is 17.8. The van der Waals surface area contributed by atoms with Crippen LogP contribution in [-0.4, -0.2) is 32.6 Å². The molecule has 0 atom stereocenters. The molecule has 0 unspecified atom stereocenters. The van der Waals surface area contributed by atoms with Gasteiger partial charge in [-0.25, -0.2) is 17.2 Å². The lowest BCUT2D eigenvalue weighted by molar-refractivity contribution is 0.0599. The number of rotatable bonds is 5. The van der Waals surface area contributed by atoms with Gasteiger partial charge < -0.3 is 9.47 Å². The predicted octanol–water partition coefficient (Wildman–Crippen LogP) is 4.11. The number of carbonyl (C=O) groups excluding carboxylic acids is 1. The van der Waals surface area contributed by atoms with E-state index in [0.29, 0.717) is 28.3 Å². The van der Waals surface area contributed by atoms with Crippen molar-refractivity contribution in [1.82, 2.24) is 3.97 Å². The first-order chi connectivity index (χ1) is 13.7. The van der Waals surface area contributed by atoms with E-state index >= 15 is 0 Å². The molecular weight excluding hydrogens is 390 g/mol. The van der Waals surface area contributed by atoms with Crippen LogP contribution in [-0.2, 0) is 14.8 Å². The van der Waals surface area contributed by atoms with Crippen molar-refractivity contribution in [2.24, 2.45) is 0 Å². The molecule has 1 aromatic heterocycles. The van der Waals surface area contributed by atoms with Crippen LogP contribution in [0.4, 0.5) is 0 Å². The topological polar surface area (TPSA) is 74.6 Å². The average molecular weight is 413 g/mol. The molecule has 3 aromatic rings. The zero-order valence-electron chi connectivity index (χ0n) is 17.0. The Morgan fingerprint density at radius 1 is 0.897 bits per heavy atom. The van der Waals surface area contributed by atoms with Gasteiger partial charge in [-0.05, 0) is 68.3 Å². The Morgan fingerprint density at radius 3 is 2.00 bits per heavy atom. The number of methoxy groups -OCH3 is 2. The van der Waals surface area contributed by atoms with E-state index in [1.807, 2.05) is 6.92 Å². The van der Waals surface area contributed by atoms with Crippen LogP contribution < -0.4 is 4.74 Å². The molecule has 29 heavy (non-hydrogen) atoms. The molecule has 152 valence electrons. The molecule has 0 saturated carbocycles. The fourth-order valence-corrected chi connectivity index (χ4v) is 5.04. The van der Waals surface area contributed by atoms with Gasteiger partial charge in [0.1, 0.15) is 5.75 Å². The van der Waals surface area contributed by atoms with E-state index in [2.05, 4.69) is 0 Å². The fraction of sp³-hybridized carbons (Fsp3) is 0.227. The van der Waals surface area contributed by atoms with Crippen molar-refractivity contribution in [2.45, 2.75) is 25.7 Å². The van der Waals surface area contributed by atoms with Crippen LogP contribution >= 0.6 is 0 Å². The number of nitrogens with zero attached hydrogens (tertiary/aromatic N) is 1. The first kappa shape index (κ1) is 20.7. The summed E-state index contributed by atoms with van der Waals surface area (Å²) < 4.78 is 38.4. The molecule has 0 amide bonds. The average Bonchev–Trinajstić information content (AvgIpc) is 2.98. The number of ether oxygens (including phenoxy) is 2. The third kappa shape index (κ3) is 3.53. The molecule has 6 nitrogen and oxygen atoms in total. The van der Waals surface area contributed by atoms with Crippen LogP contribution in [0.25, 0.3) is 11.3 Å². The quantitative estimate of drug-likeness (QED) is 0.589. The fourth-order valence-electron chi connectivity index (χ4n) is 3.41. The molecule has 0 fully saturated rings. The lowest BCUT2D eigenvalue weighted by Crippen LogP contribution is -2.16. The second kappa shape index (κ2) is 7.75. The largest absolute Gasteiger partial charge is 0.497 e. The molecule has 2 aromatic carbocycles. The Labute approximate surface area is 170 Å². The van der Waals surface area contributed by atoms with E-state index in [4.69, 9.17) is 9.47 Å². The maximum atomic E-state index is 13.5. The van der Waals surface area contributed by atoms with Gasteiger partial charge in [0.2, 0.25) is 0 Å². The van der Waals surface area contributed by atoms with Crippen LogP contribution in [0.3, 0.4) is 0 Å². The van der Waals surface area contributed by atoms with Gasteiger partial charge in [-0.2, -0.15) is 0 Å². The molecule has 0 N–H and O–H groups in total. The minimum absolute atomic E-state index is 0.146. The Morgan fingerprint density at radius 2 is 1.48 bits per heavy atom. The number of carbonyl (C=O) groups is 1. The Hall–Kier alpha value is -3.06. The van der Waals surface area contributed by atoms with Crippen LogP contribution in [0.2, 0.25) is 0 Å². The number of aromatic nitrogens is 1. The minimum atomic E-state index is -3.95. The van der Waals surface area contributed by atoms with Gasteiger partial charge in [-0.1, -0.05) is 17.7 Å². The van der Waals surface area contributed by atoms with E-state index in [-0.39, 0.29) is 10.5 Å². The van der Waals surface area contributed by atoms with Gasteiger partial charge in [-0.15, -0.1) is 0 Å². The molecule has 0 spiro atoms. The van der Waals surface area contributed by atoms with Crippen LogP contribution in [0.15, 0.2) is 53.4 Å². The normalized spacial score (nSPS) is 11.3. The first-order valence-corrected chi connectivity index (χ1v) is 10.4. The Balaban J connectivity index is 2.35. The van der Waals surface area contributed by atoms with Gasteiger partial charge in [0, 0.05) is 5.69 Å². The van der Waals surface area contributed by atoms with Gasteiger partial charge >= 0.3 is 5.97 Å². The second-order valence-electron chi connectivity index (χ2n) is 6.74. The molecule has 7 heteroatoms. The summed E-state index contributed by atoms with van der Waals surface area (Å²) in [5.41, 5.74) is 3.11. The van der Waals surface area contributed by atoms with Crippen molar-refractivity contribution in [3.8, 4) is 17.0 Å². The minimum Gasteiger partial charge on any atom is -0.497 e. The third-order valence-electron chi connectivity index (χ3n) is 4.91. The number of aryl methyl sites for hydroxylation is 1. The molecule has 0 radical (unpaired) electrons. The smallest absolute Gasteiger partial charge is 0.340 e. The van der Waals surface area contributed by atoms with Crippen molar-refractivity contribution in [3.05, 3.63) is 70.9 Å². The molecule has 0 aliphatic rings. The highest BCUT2D eigenvalue weighted by Gasteiger charge is 2.31. The number of benzene rings is 2. The second-order valence-corrected chi connectivity index (χ2v) is 8.52. The van der Waals surface area contributed by atoms with Gasteiger partial charge in [0.15, 0.2) is 0 Å². The highest BCUT2D eigenvalue weighted by atomic mass is 32.2. The summed E-state index contributed by atoms with van der Waals surface area (Å²) in [5, 5.41) is 0. The molecule has 0 saturated heterocycles. The Bertz CT molecular complexity index is 1160. The number of hydrogen-bond acceptors (Lipinski definition) is 5. The monoisotopic (exact) mass is 413 g/mol. The summed E-state index contributed by atoms with van der Waals surface area (Å²) in [7, 11) is -1.11. The molecule has 1 heterocycles. The summed E-state index contributed by atoms with van der Waals surface area (Å²) in [5.74, 6) is 0.0726. The summed E-state index contributed by atoms with van der Waals surface area (Å²) >= 11 is 0. The molecule has 0 aliphatic heterocycles. The first-order valence-electron chi connectivity index (χ1n) is 8.99. The summed E-state index contributed by atoms with van der Waals surface area (Å²) in [6.07, 6.45) is 0. The SMILES string of the molecule is COC(=O)c1c(C)c(-c2ccc(OC)cc2)n(S(=O)(=O)c2ccc(C)cc2)c1C. The van der Waals surface area contributed by atoms with Crippen LogP contribution in [0.5, 0.6) is 5.75 Å². The van der Waals surface area contributed by atoms with Crippen LogP contribution in [0, 0.1) is 20.8 Å². The summed E-state index contributed by atoms with van der Waals surface area (Å²) in [6.45, 7) is 5.22. The van der Waals surface area contributed by atoms with Crippen molar-refractivity contribution < 1.29 is 22.7 Å². The maximum Gasteiger partial charge on any atom is 0.340 e. The highest BCUT2D eigenvalue weighted by Crippen LogP contribution is 2.35. The van der Waals surface area contributed by atoms with Crippen molar-refractivity contribution in [3.63, 3.8) is 0 Å². The highest BCUT2D eigenvalue weighted by molar-refractivity contribution is 7.90. The van der Waals surface area contributed by atoms with E-state index < -0.39 is 16.0 Å². The van der Waals surface area contributed by atoms with E-state index in [1.165, 1.54) is 11.1 Å². The number of esters is 1. The third-order valence-corrected chi connectivity index (χ3v) is 6.72. The van der Waals surface area contributed by atoms with Gasteiger partial charge in [0.05, 0.1) is 30.4 Å². The lowest BCUT2D eigenvalue weighted by atomic mass is 10.1. The van der Waals surface area contributed by atoms with Crippen molar-refractivity contribution in [1.29, 1.82) is 0 Å². The molecule has 3 rings (SSSR count). The summed E-state index contributed by atoms with van der Waals surface area (Å²) in [6, 6.07) is 13.6. The van der Waals surface area contributed by atoms with Crippen LogP contribution in [0.1, 0.15) is 27.2 Å².